The predicted octanol–water partition coefficient (Wildman–Crippen LogP) is 4.43. The highest BCUT2D eigenvalue weighted by molar-refractivity contribution is 7.62. The zero-order valence-electron chi connectivity index (χ0n) is 11.6. The van der Waals surface area contributed by atoms with E-state index in [1.54, 1.807) is 12.2 Å². The molecule has 0 unspecified atom stereocenters. The summed E-state index contributed by atoms with van der Waals surface area (Å²) in [6, 6.07) is 0.477. The number of nitrogens with zero attached hydrogens (tertiary/aromatic N) is 1. The second-order valence-corrected chi connectivity index (χ2v) is 8.49. The maximum absolute atomic E-state index is 11.0. The first-order valence-corrected chi connectivity index (χ1v) is 8.19. The second-order valence-electron chi connectivity index (χ2n) is 4.97. The van der Waals surface area contributed by atoms with Crippen molar-refractivity contribution in [2.24, 2.45) is 5.92 Å². The van der Waals surface area contributed by atoms with Gasteiger partial charge >= 0.3 is 0 Å². The average Bonchev–Trinajstić information content (AvgIpc) is 1.99. The fraction of sp³-hybridized carbons (Fsp3) is 1.00. The lowest BCUT2D eigenvalue weighted by atomic mass is 10.3. The van der Waals surface area contributed by atoms with Gasteiger partial charge in [0, 0.05) is 19.3 Å². The minimum atomic E-state index is -1.72. The minimum Gasteiger partial charge on any atom is -0.324 e. The van der Waals surface area contributed by atoms with Gasteiger partial charge in [-0.1, -0.05) is 28.7 Å². The zero-order chi connectivity index (χ0) is 12.6. The maximum atomic E-state index is 11.0. The van der Waals surface area contributed by atoms with Crippen molar-refractivity contribution in [1.29, 1.82) is 0 Å². The quantitative estimate of drug-likeness (QED) is 0.558. The van der Waals surface area contributed by atoms with Crippen LogP contribution in [0.25, 0.3) is 0 Å². The van der Waals surface area contributed by atoms with Crippen LogP contribution in [0.1, 0.15) is 42.5 Å². The van der Waals surface area contributed by atoms with E-state index in [9.17, 15) is 4.57 Å². The van der Waals surface area contributed by atoms with Crippen LogP contribution in [0.2, 0.25) is 0 Å². The van der Waals surface area contributed by atoms with E-state index in [1.165, 1.54) is 0 Å². The Bertz CT molecular complexity index is 188. The Labute approximate surface area is 110 Å². The number of hydrogen-bond acceptors (Lipinski definition) is 3. The first-order chi connectivity index (χ1) is 6.60. The average molecular weight is 269 g/mol. The molecule has 0 heterocycles. The molecule has 110 valence electrons. The Kier molecular flexibility index (Phi) is 19.2. The molecule has 0 aliphatic carbocycles. The van der Waals surface area contributed by atoms with Gasteiger partial charge in [0.2, 0.25) is 0 Å². The van der Waals surface area contributed by atoms with Crippen LogP contribution >= 0.6 is 7.14 Å². The van der Waals surface area contributed by atoms with E-state index in [0.717, 1.165) is 6.16 Å². The van der Waals surface area contributed by atoms with Gasteiger partial charge in [0.25, 0.3) is 0 Å². The molecular weight excluding hydrogens is 233 g/mol. The molecule has 0 aromatic rings. The summed E-state index contributed by atoms with van der Waals surface area (Å²) in [5.74, 6) is 0.579. The lowest BCUT2D eigenvalue weighted by Crippen LogP contribution is -2.24. The normalized spacial score (nSPS) is 10.5. The molecule has 0 atom stereocenters. The van der Waals surface area contributed by atoms with E-state index >= 15 is 0 Å². The van der Waals surface area contributed by atoms with E-state index in [4.69, 9.17) is 4.84 Å². The van der Waals surface area contributed by atoms with Crippen LogP contribution < -0.4 is 0 Å². The van der Waals surface area contributed by atoms with Crippen molar-refractivity contribution in [3.8, 4) is 0 Å². The fourth-order valence-corrected chi connectivity index (χ4v) is 2.85. The van der Waals surface area contributed by atoms with E-state index in [-0.39, 0.29) is 14.9 Å². The standard InChI is InChI=1S/C6H15OP.C5H13NO.2CH4/c1-6(2)5-8(3,4)7;1-5(2)6(3)7-4;;/h6H,5H2,1-4H3;5H,1-4H3;2*1H4. The minimum absolute atomic E-state index is 0. The lowest BCUT2D eigenvalue weighted by molar-refractivity contribution is -0.131. The summed E-state index contributed by atoms with van der Waals surface area (Å²) in [5.41, 5.74) is 0. The smallest absolute Gasteiger partial charge is 0.0821 e. The molecule has 0 aromatic heterocycles. The summed E-state index contributed by atoms with van der Waals surface area (Å²) in [6.45, 7) is 12.0. The molecule has 0 aliphatic heterocycles. The van der Waals surface area contributed by atoms with Crippen LogP contribution in [0.3, 0.4) is 0 Å². The van der Waals surface area contributed by atoms with Crippen LogP contribution in [-0.4, -0.2) is 44.8 Å². The van der Waals surface area contributed by atoms with Crippen LogP contribution in [0.4, 0.5) is 0 Å². The molecule has 0 rings (SSSR count). The van der Waals surface area contributed by atoms with Gasteiger partial charge in [-0.2, -0.15) is 5.06 Å². The van der Waals surface area contributed by atoms with Gasteiger partial charge in [-0.05, 0) is 33.1 Å². The fourth-order valence-electron chi connectivity index (χ4n) is 1.09. The predicted molar refractivity (Wildman–Crippen MR) is 82.5 cm³/mol. The Balaban J connectivity index is -0.0000000896. The van der Waals surface area contributed by atoms with Crippen molar-refractivity contribution in [2.75, 3.05) is 33.6 Å². The van der Waals surface area contributed by atoms with E-state index in [0.29, 0.717) is 12.0 Å². The number of hydrogen-bond donors (Lipinski definition) is 0. The third-order valence-electron chi connectivity index (χ3n) is 1.82. The Morgan fingerprint density at radius 2 is 1.47 bits per heavy atom. The van der Waals surface area contributed by atoms with E-state index in [1.807, 2.05) is 20.4 Å². The lowest BCUT2D eigenvalue weighted by Gasteiger charge is -2.16. The largest absolute Gasteiger partial charge is 0.324 e. The highest BCUT2D eigenvalue weighted by atomic mass is 31.2. The summed E-state index contributed by atoms with van der Waals surface area (Å²) in [7, 11) is 1.85. The third kappa shape index (κ3) is 26.0. The van der Waals surface area contributed by atoms with Crippen molar-refractivity contribution in [1.82, 2.24) is 5.06 Å². The Hall–Kier alpha value is 0.150. The second kappa shape index (κ2) is 12.6. The third-order valence-corrected chi connectivity index (χ3v) is 3.43. The van der Waals surface area contributed by atoms with Crippen molar-refractivity contribution < 1.29 is 9.40 Å². The number of hydroxylamine groups is 2. The SMILES string of the molecule is C.C.CC(C)CP(C)(C)=O.CON(C)C(C)C. The highest BCUT2D eigenvalue weighted by Crippen LogP contribution is 2.37. The molecule has 4 heteroatoms. The van der Waals surface area contributed by atoms with Crippen molar-refractivity contribution in [3.05, 3.63) is 0 Å². The molecule has 0 saturated carbocycles. The van der Waals surface area contributed by atoms with Gasteiger partial charge in [-0.15, -0.1) is 0 Å². The molecule has 0 bridgehead atoms. The zero-order valence-corrected chi connectivity index (χ0v) is 12.5. The summed E-state index contributed by atoms with van der Waals surface area (Å²) in [4.78, 5) is 4.84. The van der Waals surface area contributed by atoms with Crippen LogP contribution in [0.5, 0.6) is 0 Å². The molecule has 3 nitrogen and oxygen atoms in total. The van der Waals surface area contributed by atoms with E-state index < -0.39 is 7.14 Å². The van der Waals surface area contributed by atoms with Gasteiger partial charge in [0.15, 0.2) is 0 Å². The topological polar surface area (TPSA) is 29.5 Å². The molecule has 17 heavy (non-hydrogen) atoms. The Morgan fingerprint density at radius 1 is 1.12 bits per heavy atom. The van der Waals surface area contributed by atoms with Crippen LogP contribution in [-0.2, 0) is 9.40 Å². The molecule has 0 amide bonds. The summed E-state index contributed by atoms with van der Waals surface area (Å²) >= 11 is 0. The van der Waals surface area contributed by atoms with Crippen LogP contribution in [0, 0.1) is 5.92 Å². The molecule has 0 spiro atoms. The van der Waals surface area contributed by atoms with Crippen molar-refractivity contribution in [3.63, 3.8) is 0 Å². The first-order valence-electron chi connectivity index (χ1n) is 5.41. The number of rotatable bonds is 4. The first kappa shape index (κ1) is 25.9. The highest BCUT2D eigenvalue weighted by Gasteiger charge is 2.08. The summed E-state index contributed by atoms with van der Waals surface area (Å²) in [5, 5.41) is 1.79. The summed E-state index contributed by atoms with van der Waals surface area (Å²) in [6.07, 6.45) is 0.882. The molecule has 0 radical (unpaired) electrons. The van der Waals surface area contributed by atoms with Gasteiger partial charge < -0.3 is 9.40 Å². The summed E-state index contributed by atoms with van der Waals surface area (Å²) < 4.78 is 11.0. The van der Waals surface area contributed by atoms with Crippen LogP contribution in [0.15, 0.2) is 0 Å². The van der Waals surface area contributed by atoms with Gasteiger partial charge in [-0.3, -0.25) is 0 Å². The molecule has 0 fully saturated rings. The Morgan fingerprint density at radius 3 is 1.47 bits per heavy atom. The van der Waals surface area contributed by atoms with Gasteiger partial charge in [-0.25, -0.2) is 0 Å². The van der Waals surface area contributed by atoms with E-state index in [2.05, 4.69) is 27.7 Å². The van der Waals surface area contributed by atoms with Gasteiger partial charge in [0.05, 0.1) is 14.3 Å². The molecular formula is C13H36NO2P. The van der Waals surface area contributed by atoms with Crippen molar-refractivity contribution in [2.45, 2.75) is 48.6 Å². The molecule has 0 saturated heterocycles. The maximum Gasteiger partial charge on any atom is 0.0821 e. The molecule has 0 aliphatic rings. The van der Waals surface area contributed by atoms with Gasteiger partial charge in [0.1, 0.15) is 0 Å². The van der Waals surface area contributed by atoms with Crippen molar-refractivity contribution >= 4 is 7.14 Å². The molecule has 0 aromatic carbocycles. The molecule has 0 N–H and O–H groups in total. The monoisotopic (exact) mass is 269 g/mol.